The lowest BCUT2D eigenvalue weighted by Gasteiger charge is -2.01. The number of nitrogens with two attached hydrogens (primary N) is 1. The van der Waals surface area contributed by atoms with Crippen LogP contribution in [-0.4, -0.2) is 19.7 Å². The van der Waals surface area contributed by atoms with Crippen molar-refractivity contribution in [3.63, 3.8) is 0 Å². The number of fused-ring (bicyclic) bond motifs is 1. The van der Waals surface area contributed by atoms with Crippen molar-refractivity contribution in [2.45, 2.75) is 0 Å². The summed E-state index contributed by atoms with van der Waals surface area (Å²) in [6.45, 7) is 0. The Morgan fingerprint density at radius 3 is 2.43 bits per heavy atom. The molecular formula is C15H9Cl2N5S. The van der Waals surface area contributed by atoms with E-state index >= 15 is 0 Å². The summed E-state index contributed by atoms with van der Waals surface area (Å²) in [5.41, 5.74) is 7.45. The van der Waals surface area contributed by atoms with Gasteiger partial charge in [-0.1, -0.05) is 52.7 Å². The van der Waals surface area contributed by atoms with Crippen LogP contribution in [0.15, 0.2) is 42.5 Å². The predicted molar refractivity (Wildman–Crippen MR) is 94.4 cm³/mol. The molecule has 2 N–H and O–H groups in total. The van der Waals surface area contributed by atoms with Gasteiger partial charge >= 0.3 is 0 Å². The Balaban J connectivity index is 1.87. The highest BCUT2D eigenvalue weighted by Gasteiger charge is 2.18. The summed E-state index contributed by atoms with van der Waals surface area (Å²) in [7, 11) is 0. The van der Waals surface area contributed by atoms with Crippen molar-refractivity contribution < 1.29 is 0 Å². The number of para-hydroxylation sites is 1. The largest absolute Gasteiger partial charge is 0.368 e. The van der Waals surface area contributed by atoms with Crippen molar-refractivity contribution in [1.29, 1.82) is 0 Å². The normalized spacial score (nSPS) is 11.2. The second-order valence-electron chi connectivity index (χ2n) is 4.77. The van der Waals surface area contributed by atoms with Crippen molar-refractivity contribution in [2.75, 3.05) is 5.73 Å². The molecular weight excluding hydrogens is 353 g/mol. The smallest absolute Gasteiger partial charge is 0.226 e. The molecule has 0 aliphatic rings. The van der Waals surface area contributed by atoms with Gasteiger partial charge in [-0.2, -0.15) is 9.67 Å². The number of hydrogen-bond acceptors (Lipinski definition) is 5. The molecule has 0 fully saturated rings. The topological polar surface area (TPSA) is 69.6 Å². The fourth-order valence-electron chi connectivity index (χ4n) is 2.23. The summed E-state index contributed by atoms with van der Waals surface area (Å²) in [4.78, 5) is 8.81. The number of nitrogen functional groups attached to an aromatic ring is 1. The molecule has 2 aromatic carbocycles. The molecule has 8 heteroatoms. The first kappa shape index (κ1) is 14.4. The fourth-order valence-corrected chi connectivity index (χ4v) is 3.73. The van der Waals surface area contributed by atoms with Crippen LogP contribution in [0.1, 0.15) is 0 Å². The zero-order valence-electron chi connectivity index (χ0n) is 11.6. The summed E-state index contributed by atoms with van der Waals surface area (Å²) >= 11 is 13.9. The predicted octanol–water partition coefficient (Wildman–Crippen LogP) is 4.43. The lowest BCUT2D eigenvalue weighted by atomic mass is 10.2. The van der Waals surface area contributed by atoms with E-state index in [1.807, 2.05) is 24.3 Å². The molecule has 0 radical (unpaired) electrons. The van der Waals surface area contributed by atoms with Gasteiger partial charge in [-0.25, -0.2) is 4.98 Å². The van der Waals surface area contributed by atoms with Gasteiger partial charge in [0.1, 0.15) is 0 Å². The molecule has 0 unspecified atom stereocenters. The second kappa shape index (κ2) is 5.49. The molecule has 2 aromatic heterocycles. The highest BCUT2D eigenvalue weighted by molar-refractivity contribution is 7.20. The van der Waals surface area contributed by atoms with Crippen molar-refractivity contribution in [3.8, 4) is 16.5 Å². The van der Waals surface area contributed by atoms with Gasteiger partial charge in [-0.3, -0.25) is 0 Å². The monoisotopic (exact) mass is 361 g/mol. The summed E-state index contributed by atoms with van der Waals surface area (Å²) in [6.07, 6.45) is 0. The second-order valence-corrected chi connectivity index (χ2v) is 6.59. The molecule has 5 nitrogen and oxygen atoms in total. The Morgan fingerprint density at radius 1 is 0.957 bits per heavy atom. The lowest BCUT2D eigenvalue weighted by Crippen LogP contribution is -2.01. The average Bonchev–Trinajstić information content (AvgIpc) is 3.10. The average molecular weight is 362 g/mol. The van der Waals surface area contributed by atoms with Gasteiger partial charge in [0.25, 0.3) is 0 Å². The number of thiazole rings is 1. The third kappa shape index (κ3) is 2.45. The molecule has 0 saturated carbocycles. The minimum Gasteiger partial charge on any atom is -0.368 e. The highest BCUT2D eigenvalue weighted by atomic mass is 35.5. The molecule has 23 heavy (non-hydrogen) atoms. The molecule has 0 amide bonds. The van der Waals surface area contributed by atoms with E-state index in [1.165, 1.54) is 16.0 Å². The van der Waals surface area contributed by atoms with E-state index in [-0.39, 0.29) is 5.95 Å². The number of halogens is 2. The Labute approximate surface area is 145 Å². The number of benzene rings is 2. The van der Waals surface area contributed by atoms with E-state index in [0.29, 0.717) is 26.6 Å². The highest BCUT2D eigenvalue weighted by Crippen LogP contribution is 2.34. The number of hydrogen-bond donors (Lipinski definition) is 1. The van der Waals surface area contributed by atoms with E-state index in [9.17, 15) is 0 Å². The maximum Gasteiger partial charge on any atom is 0.226 e. The zero-order chi connectivity index (χ0) is 16.0. The van der Waals surface area contributed by atoms with E-state index in [1.54, 1.807) is 18.2 Å². The molecule has 2 heterocycles. The van der Waals surface area contributed by atoms with Crippen LogP contribution < -0.4 is 5.73 Å². The first-order chi connectivity index (χ1) is 11.1. The lowest BCUT2D eigenvalue weighted by molar-refractivity contribution is 0.886. The Morgan fingerprint density at radius 2 is 1.70 bits per heavy atom. The van der Waals surface area contributed by atoms with Crippen LogP contribution in [0.3, 0.4) is 0 Å². The number of anilines is 1. The van der Waals surface area contributed by atoms with Crippen molar-refractivity contribution in [2.24, 2.45) is 0 Å². The Hall–Kier alpha value is -2.15. The van der Waals surface area contributed by atoms with Crippen LogP contribution in [0.5, 0.6) is 0 Å². The molecule has 0 bridgehead atoms. The number of nitrogens with zero attached hydrogens (tertiary/aromatic N) is 4. The van der Waals surface area contributed by atoms with Gasteiger partial charge < -0.3 is 5.73 Å². The zero-order valence-corrected chi connectivity index (χ0v) is 13.9. The van der Waals surface area contributed by atoms with Crippen LogP contribution >= 0.6 is 34.5 Å². The Bertz CT molecular complexity index is 971. The molecule has 114 valence electrons. The fraction of sp³-hybridized carbons (Fsp3) is 0. The van der Waals surface area contributed by atoms with E-state index in [4.69, 9.17) is 28.9 Å². The third-order valence-electron chi connectivity index (χ3n) is 3.28. The van der Waals surface area contributed by atoms with E-state index in [0.717, 1.165) is 10.2 Å². The standard InChI is InChI=1S/C15H9Cl2N5S/c16-8-4-3-5-9(17)12(8)13-20-14(18)22(21-13)15-19-10-6-1-2-7-11(10)23-15/h1-7H,(H2,18,20,21). The van der Waals surface area contributed by atoms with Crippen molar-refractivity contribution >= 4 is 50.7 Å². The van der Waals surface area contributed by atoms with Gasteiger partial charge in [0.2, 0.25) is 11.1 Å². The van der Waals surface area contributed by atoms with Crippen molar-refractivity contribution in [1.82, 2.24) is 19.7 Å². The molecule has 4 aromatic rings. The minimum absolute atomic E-state index is 0.232. The van der Waals surface area contributed by atoms with Gasteiger partial charge in [-0.05, 0) is 24.3 Å². The van der Waals surface area contributed by atoms with E-state index in [2.05, 4.69) is 15.1 Å². The molecule has 0 atom stereocenters. The van der Waals surface area contributed by atoms with Crippen LogP contribution in [0, 0.1) is 0 Å². The van der Waals surface area contributed by atoms with Gasteiger partial charge in [0.15, 0.2) is 5.82 Å². The SMILES string of the molecule is Nc1nc(-c2c(Cl)cccc2Cl)nn1-c1nc2ccccc2s1. The number of aromatic nitrogens is 4. The van der Waals surface area contributed by atoms with Gasteiger partial charge in [0.05, 0.1) is 25.8 Å². The minimum atomic E-state index is 0.232. The molecule has 0 spiro atoms. The van der Waals surface area contributed by atoms with Crippen LogP contribution in [0.4, 0.5) is 5.95 Å². The van der Waals surface area contributed by atoms with Crippen LogP contribution in [-0.2, 0) is 0 Å². The van der Waals surface area contributed by atoms with Crippen LogP contribution in [0.25, 0.3) is 26.7 Å². The third-order valence-corrected chi connectivity index (χ3v) is 4.92. The molecule has 0 aliphatic carbocycles. The Kier molecular flexibility index (Phi) is 3.45. The maximum absolute atomic E-state index is 6.21. The molecule has 4 rings (SSSR count). The van der Waals surface area contributed by atoms with E-state index < -0.39 is 0 Å². The number of rotatable bonds is 2. The first-order valence-corrected chi connectivity index (χ1v) is 8.23. The van der Waals surface area contributed by atoms with Crippen LogP contribution in [0.2, 0.25) is 10.0 Å². The summed E-state index contributed by atoms with van der Waals surface area (Å²) in [5.74, 6) is 0.604. The summed E-state index contributed by atoms with van der Waals surface area (Å²) in [5, 5.41) is 6.01. The van der Waals surface area contributed by atoms with Crippen molar-refractivity contribution in [3.05, 3.63) is 52.5 Å². The summed E-state index contributed by atoms with van der Waals surface area (Å²) in [6, 6.07) is 13.1. The maximum atomic E-state index is 6.21. The van der Waals surface area contributed by atoms with Gasteiger partial charge in [0, 0.05) is 0 Å². The molecule has 0 saturated heterocycles. The first-order valence-electron chi connectivity index (χ1n) is 6.66. The molecule has 0 aliphatic heterocycles. The summed E-state index contributed by atoms with van der Waals surface area (Å²) < 4.78 is 2.55. The quantitative estimate of drug-likeness (QED) is 0.573. The van der Waals surface area contributed by atoms with Gasteiger partial charge in [-0.15, -0.1) is 5.10 Å².